The van der Waals surface area contributed by atoms with Gasteiger partial charge in [0.15, 0.2) is 5.82 Å². The van der Waals surface area contributed by atoms with Crippen LogP contribution in [0.15, 0.2) is 85.2 Å². The summed E-state index contributed by atoms with van der Waals surface area (Å²) in [5, 5.41) is 8.94. The van der Waals surface area contributed by atoms with Crippen molar-refractivity contribution in [2.24, 2.45) is 0 Å². The maximum absolute atomic E-state index is 8.94. The summed E-state index contributed by atoms with van der Waals surface area (Å²) in [6.07, 6.45) is 3.10. The Bertz CT molecular complexity index is 1220. The van der Waals surface area contributed by atoms with Crippen LogP contribution in [0.3, 0.4) is 0 Å². The molecule has 2 heterocycles. The first-order chi connectivity index (χ1) is 14.6. The molecule has 5 rings (SSSR count). The van der Waals surface area contributed by atoms with E-state index in [1.165, 1.54) is 22.5 Å². The van der Waals surface area contributed by atoms with Crippen molar-refractivity contribution in [2.75, 3.05) is 4.90 Å². The zero-order valence-corrected chi connectivity index (χ0v) is 16.9. The van der Waals surface area contributed by atoms with Crippen LogP contribution >= 0.6 is 0 Å². The molecule has 3 aromatic carbocycles. The van der Waals surface area contributed by atoms with E-state index in [4.69, 9.17) is 5.26 Å². The molecule has 144 valence electrons. The predicted octanol–water partition coefficient (Wildman–Crippen LogP) is 6.12. The van der Waals surface area contributed by atoms with Crippen LogP contribution in [0, 0.1) is 11.3 Å². The molecule has 0 spiro atoms. The van der Waals surface area contributed by atoms with Gasteiger partial charge in [0, 0.05) is 29.1 Å². The van der Waals surface area contributed by atoms with E-state index in [1.807, 2.05) is 12.1 Å². The van der Waals surface area contributed by atoms with Crippen LogP contribution in [0.5, 0.6) is 0 Å². The first-order valence-electron chi connectivity index (χ1n) is 9.91. The number of hydrogen-bond acceptors (Lipinski definition) is 4. The summed E-state index contributed by atoms with van der Waals surface area (Å²) >= 11 is 0. The average molecular weight is 388 g/mol. The van der Waals surface area contributed by atoms with Gasteiger partial charge in [-0.1, -0.05) is 50.2 Å². The molecule has 0 saturated carbocycles. The van der Waals surface area contributed by atoms with Crippen LogP contribution in [0.2, 0.25) is 0 Å². The van der Waals surface area contributed by atoms with Gasteiger partial charge in [-0.15, -0.1) is 0 Å². The number of nitriles is 1. The second-order valence-corrected chi connectivity index (χ2v) is 7.95. The number of hydrogen-bond donors (Lipinski definition) is 0. The summed E-state index contributed by atoms with van der Waals surface area (Å²) in [5.41, 5.74) is 7.41. The van der Waals surface area contributed by atoms with Gasteiger partial charge in [0.25, 0.3) is 0 Å². The number of anilines is 3. The van der Waals surface area contributed by atoms with E-state index in [0.717, 1.165) is 11.3 Å². The first kappa shape index (κ1) is 18.1. The summed E-state index contributed by atoms with van der Waals surface area (Å²) in [5.74, 6) is 0.612. The number of fused-ring (bicyclic) bond motifs is 2. The van der Waals surface area contributed by atoms with E-state index in [9.17, 15) is 0 Å². The molecule has 0 N–H and O–H groups in total. The molecule has 0 fully saturated rings. The molecular formula is C26H20N4. The van der Waals surface area contributed by atoms with Crippen LogP contribution in [-0.2, 0) is 5.41 Å². The van der Waals surface area contributed by atoms with Gasteiger partial charge in [-0.25, -0.2) is 9.97 Å². The molecule has 0 bridgehead atoms. The first-order valence-corrected chi connectivity index (χ1v) is 9.91. The van der Waals surface area contributed by atoms with Gasteiger partial charge in [-0.05, 0) is 47.5 Å². The highest BCUT2D eigenvalue weighted by atomic mass is 15.2. The number of nitrogens with zero attached hydrogens (tertiary/aromatic N) is 4. The molecule has 1 aliphatic heterocycles. The Balaban J connectivity index is 1.61. The summed E-state index contributed by atoms with van der Waals surface area (Å²) in [6.45, 7) is 4.57. The highest BCUT2D eigenvalue weighted by molar-refractivity contribution is 5.86. The molecule has 0 amide bonds. The Morgan fingerprint density at radius 1 is 0.767 bits per heavy atom. The highest BCUT2D eigenvalue weighted by Gasteiger charge is 2.36. The largest absolute Gasteiger partial charge is 0.310 e. The molecule has 30 heavy (non-hydrogen) atoms. The lowest BCUT2D eigenvalue weighted by Gasteiger charge is -2.42. The van der Waals surface area contributed by atoms with Gasteiger partial charge in [-0.3, -0.25) is 0 Å². The van der Waals surface area contributed by atoms with Gasteiger partial charge in [0.05, 0.1) is 16.9 Å². The molecular weight excluding hydrogens is 368 g/mol. The number of rotatable bonds is 2. The molecule has 4 aromatic rings. The smallest absolute Gasteiger partial charge is 0.159 e. The molecule has 4 heteroatoms. The summed E-state index contributed by atoms with van der Waals surface area (Å²) in [6, 6.07) is 27.5. The number of para-hydroxylation sites is 2. The zero-order valence-electron chi connectivity index (χ0n) is 16.9. The second kappa shape index (κ2) is 6.82. The number of benzene rings is 3. The van der Waals surface area contributed by atoms with Gasteiger partial charge in [0.2, 0.25) is 0 Å². The molecule has 0 radical (unpaired) electrons. The standard InChI is InChI=1S/C26H20N4/c1-26(2)21-7-3-5-9-23(21)30(24-10-6-4-8-22(24)26)20-13-11-19(12-14-20)25-28-16-18(15-27)17-29-25/h3-14,16-17H,1-2H3. The quantitative estimate of drug-likeness (QED) is 0.415. The lowest BCUT2D eigenvalue weighted by Crippen LogP contribution is -2.30. The maximum atomic E-state index is 8.94. The third-order valence-electron chi connectivity index (χ3n) is 5.80. The van der Waals surface area contributed by atoms with Gasteiger partial charge < -0.3 is 4.90 Å². The molecule has 1 aliphatic rings. The Morgan fingerprint density at radius 2 is 1.30 bits per heavy atom. The summed E-state index contributed by atoms with van der Waals surface area (Å²) < 4.78 is 0. The van der Waals surface area contributed by atoms with Gasteiger partial charge in [0.1, 0.15) is 6.07 Å². The van der Waals surface area contributed by atoms with Crippen molar-refractivity contribution in [2.45, 2.75) is 19.3 Å². The van der Waals surface area contributed by atoms with E-state index in [2.05, 4.69) is 95.4 Å². The van der Waals surface area contributed by atoms with Crippen molar-refractivity contribution in [1.82, 2.24) is 9.97 Å². The topological polar surface area (TPSA) is 52.8 Å². The van der Waals surface area contributed by atoms with E-state index < -0.39 is 0 Å². The van der Waals surface area contributed by atoms with E-state index in [-0.39, 0.29) is 5.41 Å². The van der Waals surface area contributed by atoms with Crippen molar-refractivity contribution in [3.8, 4) is 17.5 Å². The third kappa shape index (κ3) is 2.75. The molecule has 0 unspecified atom stereocenters. The minimum atomic E-state index is -0.0695. The molecule has 1 aromatic heterocycles. The second-order valence-electron chi connectivity index (χ2n) is 7.95. The Hall–Kier alpha value is -3.97. The Labute approximate surface area is 176 Å². The van der Waals surface area contributed by atoms with Crippen LogP contribution in [0.4, 0.5) is 17.1 Å². The van der Waals surface area contributed by atoms with E-state index >= 15 is 0 Å². The predicted molar refractivity (Wildman–Crippen MR) is 119 cm³/mol. The van der Waals surface area contributed by atoms with Crippen LogP contribution in [0.1, 0.15) is 30.5 Å². The van der Waals surface area contributed by atoms with E-state index in [0.29, 0.717) is 11.4 Å². The normalized spacial score (nSPS) is 13.8. The summed E-state index contributed by atoms with van der Waals surface area (Å²) in [7, 11) is 0. The van der Waals surface area contributed by atoms with Crippen molar-refractivity contribution in [1.29, 1.82) is 5.26 Å². The summed E-state index contributed by atoms with van der Waals surface area (Å²) in [4.78, 5) is 10.9. The lowest BCUT2D eigenvalue weighted by atomic mass is 9.73. The van der Waals surface area contributed by atoms with Crippen LogP contribution in [0.25, 0.3) is 11.4 Å². The fraction of sp³-hybridized carbons (Fsp3) is 0.115. The molecule has 4 nitrogen and oxygen atoms in total. The van der Waals surface area contributed by atoms with Gasteiger partial charge >= 0.3 is 0 Å². The minimum absolute atomic E-state index is 0.0695. The van der Waals surface area contributed by atoms with Crippen LogP contribution < -0.4 is 4.90 Å². The lowest BCUT2D eigenvalue weighted by molar-refractivity contribution is 0.632. The molecule has 0 saturated heterocycles. The SMILES string of the molecule is CC1(C)c2ccccc2N(c2ccc(-c3ncc(C#N)cn3)cc2)c2ccccc21. The maximum Gasteiger partial charge on any atom is 0.159 e. The highest BCUT2D eigenvalue weighted by Crippen LogP contribution is 2.51. The monoisotopic (exact) mass is 388 g/mol. The van der Waals surface area contributed by atoms with Crippen molar-refractivity contribution in [3.05, 3.63) is 102 Å². The average Bonchev–Trinajstić information content (AvgIpc) is 2.80. The minimum Gasteiger partial charge on any atom is -0.310 e. The van der Waals surface area contributed by atoms with E-state index in [1.54, 1.807) is 12.4 Å². The Morgan fingerprint density at radius 3 is 1.83 bits per heavy atom. The Kier molecular flexibility index (Phi) is 4.11. The van der Waals surface area contributed by atoms with Crippen molar-refractivity contribution >= 4 is 17.1 Å². The van der Waals surface area contributed by atoms with Crippen molar-refractivity contribution < 1.29 is 0 Å². The number of aromatic nitrogens is 2. The van der Waals surface area contributed by atoms with Gasteiger partial charge in [-0.2, -0.15) is 5.26 Å². The molecule has 0 aliphatic carbocycles. The zero-order chi connectivity index (χ0) is 20.7. The third-order valence-corrected chi connectivity index (χ3v) is 5.80. The van der Waals surface area contributed by atoms with Crippen LogP contribution in [-0.4, -0.2) is 9.97 Å². The molecule has 0 atom stereocenters. The fourth-order valence-corrected chi connectivity index (χ4v) is 4.24. The van der Waals surface area contributed by atoms with Crippen molar-refractivity contribution in [3.63, 3.8) is 0 Å². The fourth-order valence-electron chi connectivity index (χ4n) is 4.24.